The quantitative estimate of drug-likeness (QED) is 0.889. The van der Waals surface area contributed by atoms with E-state index in [4.69, 9.17) is 31.3 Å². The van der Waals surface area contributed by atoms with Gasteiger partial charge in [0.1, 0.15) is 0 Å². The Morgan fingerprint density at radius 1 is 1.39 bits per heavy atom. The Morgan fingerprint density at radius 3 is 2.61 bits per heavy atom. The van der Waals surface area contributed by atoms with E-state index in [0.717, 1.165) is 0 Å². The first-order valence-electron chi connectivity index (χ1n) is 4.94. The van der Waals surface area contributed by atoms with Crippen molar-refractivity contribution in [1.29, 1.82) is 0 Å². The molecule has 6 nitrogen and oxygen atoms in total. The van der Waals surface area contributed by atoms with Crippen LogP contribution < -0.4 is 15.2 Å². The van der Waals surface area contributed by atoms with Crippen molar-refractivity contribution < 1.29 is 19.1 Å². The van der Waals surface area contributed by atoms with Crippen LogP contribution in [0.25, 0.3) is 11.1 Å². The number of aromatic hydroxyl groups is 1. The van der Waals surface area contributed by atoms with Gasteiger partial charge in [0.25, 0.3) is 0 Å². The fourth-order valence-corrected chi connectivity index (χ4v) is 1.93. The normalized spacial score (nSPS) is 10.4. The van der Waals surface area contributed by atoms with Crippen molar-refractivity contribution in [3.63, 3.8) is 0 Å². The Morgan fingerprint density at radius 2 is 2.11 bits per heavy atom. The third-order valence-corrected chi connectivity index (χ3v) is 2.76. The van der Waals surface area contributed by atoms with Gasteiger partial charge < -0.3 is 24.8 Å². The minimum Gasteiger partial charge on any atom is -0.504 e. The van der Waals surface area contributed by atoms with Gasteiger partial charge in [-0.05, 0) is 0 Å². The number of ether oxygens (including phenoxy) is 2. The lowest BCUT2D eigenvalue weighted by Crippen LogP contribution is -1.94. The van der Waals surface area contributed by atoms with Crippen molar-refractivity contribution in [1.82, 2.24) is 5.16 Å². The molecule has 0 aliphatic carbocycles. The van der Waals surface area contributed by atoms with Crippen molar-refractivity contribution in [2.24, 2.45) is 0 Å². The molecule has 0 spiro atoms. The molecule has 1 aromatic heterocycles. The lowest BCUT2D eigenvalue weighted by atomic mass is 10.1. The standard InChI is InChI=1S/C11H11ClN2O4/c1-16-7-3-6(12)8(9(15)10(7)17-2)5-4-14-18-11(5)13/h3-4,15H,13H2,1-2H3. The van der Waals surface area contributed by atoms with E-state index in [0.29, 0.717) is 11.3 Å². The predicted octanol–water partition coefficient (Wildman–Crippen LogP) is 2.30. The Bertz CT molecular complexity index is 583. The molecule has 0 aliphatic heterocycles. The maximum atomic E-state index is 10.2. The number of nitrogens with two attached hydrogens (primary N) is 1. The van der Waals surface area contributed by atoms with Crippen LogP contribution in [-0.4, -0.2) is 24.5 Å². The first-order chi connectivity index (χ1) is 8.60. The summed E-state index contributed by atoms with van der Waals surface area (Å²) < 4.78 is 14.9. The maximum Gasteiger partial charge on any atom is 0.230 e. The van der Waals surface area contributed by atoms with E-state index in [2.05, 4.69) is 5.16 Å². The molecular formula is C11H11ClN2O4. The number of methoxy groups -OCH3 is 2. The van der Waals surface area contributed by atoms with E-state index in [-0.39, 0.29) is 28.0 Å². The number of rotatable bonds is 3. The van der Waals surface area contributed by atoms with Gasteiger partial charge in [0.15, 0.2) is 11.5 Å². The molecule has 0 aliphatic rings. The number of nitrogen functional groups attached to an aromatic ring is 1. The van der Waals surface area contributed by atoms with Crippen LogP contribution in [0.2, 0.25) is 5.02 Å². The zero-order chi connectivity index (χ0) is 13.3. The third-order valence-electron chi connectivity index (χ3n) is 2.46. The van der Waals surface area contributed by atoms with Gasteiger partial charge >= 0.3 is 0 Å². The summed E-state index contributed by atoms with van der Waals surface area (Å²) in [4.78, 5) is 0. The van der Waals surface area contributed by atoms with Crippen LogP contribution in [0.5, 0.6) is 17.2 Å². The van der Waals surface area contributed by atoms with E-state index in [1.807, 2.05) is 0 Å². The Labute approximate surface area is 108 Å². The van der Waals surface area contributed by atoms with Crippen LogP contribution >= 0.6 is 11.6 Å². The van der Waals surface area contributed by atoms with Gasteiger partial charge in [0.05, 0.1) is 36.6 Å². The average molecular weight is 271 g/mol. The zero-order valence-corrected chi connectivity index (χ0v) is 10.5. The third kappa shape index (κ3) is 1.80. The molecule has 0 fully saturated rings. The number of benzene rings is 1. The molecular weight excluding hydrogens is 260 g/mol. The first-order valence-corrected chi connectivity index (χ1v) is 5.31. The van der Waals surface area contributed by atoms with Gasteiger partial charge in [-0.3, -0.25) is 0 Å². The number of hydrogen-bond donors (Lipinski definition) is 2. The highest BCUT2D eigenvalue weighted by Gasteiger charge is 2.22. The molecule has 0 saturated carbocycles. The van der Waals surface area contributed by atoms with Crippen LogP contribution in [0.15, 0.2) is 16.8 Å². The van der Waals surface area contributed by atoms with Gasteiger partial charge in [-0.2, -0.15) is 0 Å². The molecule has 0 amide bonds. The number of aromatic nitrogens is 1. The summed E-state index contributed by atoms with van der Waals surface area (Å²) in [7, 11) is 2.85. The summed E-state index contributed by atoms with van der Waals surface area (Å²) in [6, 6.07) is 1.52. The molecule has 3 N–H and O–H groups in total. The van der Waals surface area contributed by atoms with Crippen molar-refractivity contribution in [2.45, 2.75) is 0 Å². The number of phenolic OH excluding ortho intramolecular Hbond substituents is 1. The number of halogens is 1. The molecule has 0 unspecified atom stereocenters. The van der Waals surface area contributed by atoms with Crippen LogP contribution in [-0.2, 0) is 0 Å². The smallest absolute Gasteiger partial charge is 0.230 e. The molecule has 0 radical (unpaired) electrons. The summed E-state index contributed by atoms with van der Waals surface area (Å²) in [6.07, 6.45) is 1.36. The summed E-state index contributed by atoms with van der Waals surface area (Å²) in [5, 5.41) is 14.0. The fourth-order valence-electron chi connectivity index (χ4n) is 1.64. The van der Waals surface area contributed by atoms with Crippen LogP contribution in [0, 0.1) is 0 Å². The van der Waals surface area contributed by atoms with E-state index in [9.17, 15) is 5.11 Å². The fraction of sp³-hybridized carbons (Fsp3) is 0.182. The minimum absolute atomic E-state index is 0.0550. The average Bonchev–Trinajstić information content (AvgIpc) is 2.75. The molecule has 18 heavy (non-hydrogen) atoms. The summed E-state index contributed by atoms with van der Waals surface area (Å²) in [5.74, 6) is 0.354. The second-order valence-electron chi connectivity index (χ2n) is 3.42. The number of nitrogens with zero attached hydrogens (tertiary/aromatic N) is 1. The maximum absolute atomic E-state index is 10.2. The molecule has 96 valence electrons. The second-order valence-corrected chi connectivity index (χ2v) is 3.83. The Balaban J connectivity index is 2.73. The van der Waals surface area contributed by atoms with Gasteiger partial charge in [0, 0.05) is 6.07 Å². The van der Waals surface area contributed by atoms with Crippen LogP contribution in [0.4, 0.5) is 5.88 Å². The lowest BCUT2D eigenvalue weighted by Gasteiger charge is -2.13. The number of anilines is 1. The number of hydrogen-bond acceptors (Lipinski definition) is 6. The largest absolute Gasteiger partial charge is 0.504 e. The monoisotopic (exact) mass is 270 g/mol. The highest BCUT2D eigenvalue weighted by atomic mass is 35.5. The lowest BCUT2D eigenvalue weighted by molar-refractivity contribution is 0.334. The molecule has 1 aromatic carbocycles. The molecule has 0 atom stereocenters. The van der Waals surface area contributed by atoms with Crippen LogP contribution in [0.3, 0.4) is 0 Å². The van der Waals surface area contributed by atoms with E-state index in [1.165, 1.54) is 26.5 Å². The van der Waals surface area contributed by atoms with Crippen LogP contribution in [0.1, 0.15) is 0 Å². The summed E-state index contributed by atoms with van der Waals surface area (Å²) in [6.45, 7) is 0. The van der Waals surface area contributed by atoms with Gasteiger partial charge in [-0.25, -0.2) is 0 Å². The van der Waals surface area contributed by atoms with Crippen molar-refractivity contribution in [2.75, 3.05) is 20.0 Å². The van der Waals surface area contributed by atoms with Crippen molar-refractivity contribution in [3.8, 4) is 28.4 Å². The molecule has 2 aromatic rings. The van der Waals surface area contributed by atoms with Gasteiger partial charge in [-0.1, -0.05) is 16.8 Å². The molecule has 0 saturated heterocycles. The summed E-state index contributed by atoms with van der Waals surface area (Å²) >= 11 is 6.09. The first kappa shape index (κ1) is 12.4. The Hall–Kier alpha value is -2.08. The molecule has 1 heterocycles. The summed E-state index contributed by atoms with van der Waals surface area (Å²) in [5.41, 5.74) is 6.27. The molecule has 7 heteroatoms. The van der Waals surface area contributed by atoms with E-state index >= 15 is 0 Å². The minimum atomic E-state index is -0.184. The molecule has 0 bridgehead atoms. The highest BCUT2D eigenvalue weighted by Crippen LogP contribution is 2.48. The van der Waals surface area contributed by atoms with Crippen molar-refractivity contribution >= 4 is 17.5 Å². The highest BCUT2D eigenvalue weighted by molar-refractivity contribution is 6.34. The van der Waals surface area contributed by atoms with Gasteiger partial charge in [0.2, 0.25) is 11.6 Å². The second kappa shape index (κ2) is 4.66. The number of phenols is 1. The Kier molecular flexibility index (Phi) is 3.20. The predicted molar refractivity (Wildman–Crippen MR) is 66.1 cm³/mol. The SMILES string of the molecule is COc1cc(Cl)c(-c2cnoc2N)c(O)c1OC. The van der Waals surface area contributed by atoms with Gasteiger partial charge in [-0.15, -0.1) is 0 Å². The van der Waals surface area contributed by atoms with Crippen molar-refractivity contribution in [3.05, 3.63) is 17.3 Å². The van der Waals surface area contributed by atoms with E-state index in [1.54, 1.807) is 0 Å². The van der Waals surface area contributed by atoms with E-state index < -0.39 is 0 Å². The zero-order valence-electron chi connectivity index (χ0n) is 9.73. The topological polar surface area (TPSA) is 90.7 Å². The molecule has 2 rings (SSSR count).